The lowest BCUT2D eigenvalue weighted by molar-refractivity contribution is 0.0529. The molecule has 6 heteroatoms. The van der Waals surface area contributed by atoms with Crippen molar-refractivity contribution < 1.29 is 13.7 Å². The number of nitrogens with zero attached hydrogens (tertiary/aromatic N) is 3. The van der Waals surface area contributed by atoms with Gasteiger partial charge in [0, 0.05) is 13.0 Å². The van der Waals surface area contributed by atoms with Gasteiger partial charge in [-0.05, 0) is 37.8 Å². The molecule has 0 aromatic carbocycles. The molecule has 0 spiro atoms. The summed E-state index contributed by atoms with van der Waals surface area (Å²) in [5, 5.41) is 4.04. The van der Waals surface area contributed by atoms with E-state index < -0.39 is 0 Å². The molecule has 1 amide bonds. The van der Waals surface area contributed by atoms with Crippen molar-refractivity contribution in [1.82, 2.24) is 15.0 Å². The fourth-order valence-corrected chi connectivity index (χ4v) is 2.81. The Hall–Kier alpha value is -2.11. The van der Waals surface area contributed by atoms with Gasteiger partial charge in [0.25, 0.3) is 5.91 Å². The summed E-state index contributed by atoms with van der Waals surface area (Å²) in [6, 6.07) is 3.27. The minimum absolute atomic E-state index is 0.108. The summed E-state index contributed by atoms with van der Waals surface area (Å²) in [4.78, 5) is 18.8. The van der Waals surface area contributed by atoms with Crippen LogP contribution in [0.25, 0.3) is 0 Å². The smallest absolute Gasteiger partial charge is 0.290 e. The minimum Gasteiger partial charge on any atom is -0.459 e. The van der Waals surface area contributed by atoms with Crippen LogP contribution in [-0.2, 0) is 6.42 Å². The first-order valence-electron chi connectivity index (χ1n) is 7.96. The van der Waals surface area contributed by atoms with Crippen LogP contribution in [0.15, 0.2) is 27.3 Å². The molecule has 0 bridgehead atoms. The predicted octanol–water partition coefficient (Wildman–Crippen LogP) is 3.37. The Morgan fingerprint density at radius 3 is 3.14 bits per heavy atom. The van der Waals surface area contributed by atoms with Gasteiger partial charge in [0.1, 0.15) is 6.04 Å². The Morgan fingerprint density at radius 2 is 2.36 bits per heavy atom. The topological polar surface area (TPSA) is 72.4 Å². The molecule has 1 fully saturated rings. The zero-order valence-electron chi connectivity index (χ0n) is 12.8. The number of hydrogen-bond donors (Lipinski definition) is 0. The zero-order chi connectivity index (χ0) is 15.4. The van der Waals surface area contributed by atoms with E-state index in [0.29, 0.717) is 18.2 Å². The molecule has 0 unspecified atom stereocenters. The van der Waals surface area contributed by atoms with E-state index >= 15 is 0 Å². The molecule has 0 N–H and O–H groups in total. The van der Waals surface area contributed by atoms with Gasteiger partial charge in [-0.1, -0.05) is 18.5 Å². The van der Waals surface area contributed by atoms with Crippen molar-refractivity contribution in [2.24, 2.45) is 0 Å². The molecule has 0 aliphatic carbocycles. The molecule has 3 heterocycles. The maximum absolute atomic E-state index is 12.6. The quantitative estimate of drug-likeness (QED) is 0.846. The summed E-state index contributed by atoms with van der Waals surface area (Å²) in [6.45, 7) is 2.82. The van der Waals surface area contributed by atoms with Crippen molar-refractivity contribution in [3.8, 4) is 0 Å². The summed E-state index contributed by atoms with van der Waals surface area (Å²) in [5.41, 5.74) is 0. The lowest BCUT2D eigenvalue weighted by Gasteiger charge is -2.32. The van der Waals surface area contributed by atoms with Gasteiger partial charge in [-0.3, -0.25) is 4.79 Å². The van der Waals surface area contributed by atoms with E-state index in [0.717, 1.165) is 44.3 Å². The maximum Gasteiger partial charge on any atom is 0.290 e. The third-order valence-electron chi connectivity index (χ3n) is 4.02. The van der Waals surface area contributed by atoms with Gasteiger partial charge in [-0.25, -0.2) is 0 Å². The average Bonchev–Trinajstić information content (AvgIpc) is 3.24. The van der Waals surface area contributed by atoms with Crippen LogP contribution in [0.3, 0.4) is 0 Å². The minimum atomic E-state index is -0.144. The molecule has 1 aliphatic heterocycles. The first-order chi connectivity index (χ1) is 10.8. The Labute approximate surface area is 129 Å². The fourth-order valence-electron chi connectivity index (χ4n) is 2.81. The van der Waals surface area contributed by atoms with Gasteiger partial charge in [0.2, 0.25) is 5.89 Å². The lowest BCUT2D eigenvalue weighted by Crippen LogP contribution is -2.38. The van der Waals surface area contributed by atoms with Gasteiger partial charge < -0.3 is 13.8 Å². The van der Waals surface area contributed by atoms with Crippen LogP contribution in [-0.4, -0.2) is 27.5 Å². The van der Waals surface area contributed by atoms with E-state index in [1.165, 1.54) is 6.26 Å². The van der Waals surface area contributed by atoms with E-state index in [4.69, 9.17) is 8.94 Å². The molecule has 118 valence electrons. The largest absolute Gasteiger partial charge is 0.459 e. The van der Waals surface area contributed by atoms with Crippen LogP contribution in [0.4, 0.5) is 0 Å². The molecule has 2 aromatic rings. The Bertz CT molecular complexity index is 606. The second kappa shape index (κ2) is 6.77. The van der Waals surface area contributed by atoms with E-state index in [9.17, 15) is 4.79 Å². The van der Waals surface area contributed by atoms with E-state index in [1.807, 2.05) is 0 Å². The van der Waals surface area contributed by atoms with Crippen LogP contribution in [0.2, 0.25) is 0 Å². The van der Waals surface area contributed by atoms with Crippen molar-refractivity contribution in [1.29, 1.82) is 0 Å². The van der Waals surface area contributed by atoms with Crippen molar-refractivity contribution in [2.45, 2.75) is 51.5 Å². The normalized spacial score (nSPS) is 18.6. The summed E-state index contributed by atoms with van der Waals surface area (Å²) in [5.74, 6) is 1.53. The summed E-state index contributed by atoms with van der Waals surface area (Å²) >= 11 is 0. The number of rotatable bonds is 5. The number of carbonyl (C=O) groups is 1. The highest BCUT2D eigenvalue weighted by molar-refractivity contribution is 5.91. The second-order valence-corrected chi connectivity index (χ2v) is 5.64. The number of piperidine rings is 1. The fraction of sp³-hybridized carbons (Fsp3) is 0.562. The molecule has 6 nitrogen and oxygen atoms in total. The molecule has 0 radical (unpaired) electrons. The number of amides is 1. The number of likely N-dealkylation sites (tertiary alicyclic amines) is 1. The molecule has 0 saturated carbocycles. The van der Waals surface area contributed by atoms with Crippen LogP contribution in [0.1, 0.15) is 67.3 Å². The zero-order valence-corrected chi connectivity index (χ0v) is 12.8. The lowest BCUT2D eigenvalue weighted by atomic mass is 10.0. The highest BCUT2D eigenvalue weighted by Gasteiger charge is 2.33. The highest BCUT2D eigenvalue weighted by atomic mass is 16.5. The summed E-state index contributed by atoms with van der Waals surface area (Å²) < 4.78 is 10.6. The highest BCUT2D eigenvalue weighted by Crippen LogP contribution is 2.31. The van der Waals surface area contributed by atoms with Gasteiger partial charge >= 0.3 is 0 Å². The number of unbranched alkanes of at least 4 members (excludes halogenated alkanes) is 1. The molecule has 1 aliphatic rings. The van der Waals surface area contributed by atoms with E-state index in [-0.39, 0.29) is 11.9 Å². The van der Waals surface area contributed by atoms with Gasteiger partial charge in [0.05, 0.1) is 6.26 Å². The Balaban J connectivity index is 1.77. The summed E-state index contributed by atoms with van der Waals surface area (Å²) in [7, 11) is 0. The monoisotopic (exact) mass is 303 g/mol. The first-order valence-corrected chi connectivity index (χ1v) is 7.96. The molecular formula is C16H21N3O3. The third kappa shape index (κ3) is 3.05. The van der Waals surface area contributed by atoms with Crippen molar-refractivity contribution in [3.63, 3.8) is 0 Å². The van der Waals surface area contributed by atoms with Crippen LogP contribution in [0.5, 0.6) is 0 Å². The molecule has 3 rings (SSSR count). The third-order valence-corrected chi connectivity index (χ3v) is 4.02. The number of aromatic nitrogens is 2. The van der Waals surface area contributed by atoms with Gasteiger partial charge in [-0.2, -0.15) is 4.98 Å². The predicted molar refractivity (Wildman–Crippen MR) is 79.2 cm³/mol. The average molecular weight is 303 g/mol. The number of aryl methyl sites for hydroxylation is 1. The molecule has 22 heavy (non-hydrogen) atoms. The number of furan rings is 1. The van der Waals surface area contributed by atoms with E-state index in [2.05, 4.69) is 17.1 Å². The van der Waals surface area contributed by atoms with Crippen LogP contribution >= 0.6 is 0 Å². The summed E-state index contributed by atoms with van der Waals surface area (Å²) in [6.07, 6.45) is 7.36. The maximum atomic E-state index is 12.6. The standard InChI is InChI=1S/C16H21N3O3/c1-2-3-9-14-17-15(22-18-14)12-7-4-5-10-19(12)16(20)13-8-6-11-21-13/h6,8,11-12H,2-5,7,9-10H2,1H3/t12-/m0/s1. The van der Waals surface area contributed by atoms with Gasteiger partial charge in [-0.15, -0.1) is 0 Å². The number of hydrogen-bond acceptors (Lipinski definition) is 5. The molecular weight excluding hydrogens is 282 g/mol. The molecule has 1 saturated heterocycles. The van der Waals surface area contributed by atoms with E-state index in [1.54, 1.807) is 17.0 Å². The molecule has 1 atom stereocenters. The molecule has 2 aromatic heterocycles. The van der Waals surface area contributed by atoms with Gasteiger partial charge in [0.15, 0.2) is 11.6 Å². The van der Waals surface area contributed by atoms with Crippen LogP contribution < -0.4 is 0 Å². The first kappa shape index (κ1) is 14.8. The van der Waals surface area contributed by atoms with Crippen LogP contribution in [0, 0.1) is 0 Å². The second-order valence-electron chi connectivity index (χ2n) is 5.64. The van der Waals surface area contributed by atoms with Crippen molar-refractivity contribution in [2.75, 3.05) is 6.54 Å². The Morgan fingerprint density at radius 1 is 1.45 bits per heavy atom. The SMILES string of the molecule is CCCCc1noc([C@@H]2CCCCN2C(=O)c2ccco2)n1. The Kier molecular flexibility index (Phi) is 4.56. The van der Waals surface area contributed by atoms with Crippen molar-refractivity contribution >= 4 is 5.91 Å². The number of carbonyl (C=O) groups excluding carboxylic acids is 1. The van der Waals surface area contributed by atoms with Crippen molar-refractivity contribution in [3.05, 3.63) is 35.9 Å².